The van der Waals surface area contributed by atoms with Crippen LogP contribution < -0.4 is 0 Å². The van der Waals surface area contributed by atoms with Crippen molar-refractivity contribution in [3.05, 3.63) is 83.9 Å². The standard InChI is InChI=1S/C26H19NO/c28-23-15-13-17-7-2-4-9-19(17)25(23)26-21-11-5-10-20(21)24-18-8-3-1-6-16(18)12-14-22(24)27-26/h1-4,6-9,12-15,28H,5,10-11H2. The highest BCUT2D eigenvalue weighted by Crippen LogP contribution is 2.43. The Balaban J connectivity index is 1.78. The summed E-state index contributed by atoms with van der Waals surface area (Å²) >= 11 is 0. The summed E-state index contributed by atoms with van der Waals surface area (Å²) in [5.74, 6) is 0.306. The first-order chi connectivity index (χ1) is 13.8. The summed E-state index contributed by atoms with van der Waals surface area (Å²) in [4.78, 5) is 5.12. The van der Waals surface area contributed by atoms with Crippen LogP contribution in [0.3, 0.4) is 0 Å². The van der Waals surface area contributed by atoms with Gasteiger partial charge in [-0.25, -0.2) is 4.98 Å². The summed E-state index contributed by atoms with van der Waals surface area (Å²) in [6.07, 6.45) is 3.22. The third kappa shape index (κ3) is 2.12. The molecule has 2 heteroatoms. The lowest BCUT2D eigenvalue weighted by Crippen LogP contribution is -1.97. The lowest BCUT2D eigenvalue weighted by Gasteiger charge is -2.16. The van der Waals surface area contributed by atoms with Crippen molar-refractivity contribution in [3.8, 4) is 17.0 Å². The Morgan fingerprint density at radius 3 is 2.21 bits per heavy atom. The zero-order chi connectivity index (χ0) is 18.7. The Morgan fingerprint density at radius 2 is 1.36 bits per heavy atom. The van der Waals surface area contributed by atoms with Crippen LogP contribution in [-0.2, 0) is 12.8 Å². The van der Waals surface area contributed by atoms with E-state index in [2.05, 4.69) is 48.5 Å². The summed E-state index contributed by atoms with van der Waals surface area (Å²) in [6, 6.07) is 24.8. The van der Waals surface area contributed by atoms with E-state index in [-0.39, 0.29) is 0 Å². The Bertz CT molecular complexity index is 1400. The third-order valence-corrected chi connectivity index (χ3v) is 6.09. The predicted octanol–water partition coefficient (Wildman–Crippen LogP) is 6.40. The molecule has 1 aliphatic rings. The van der Waals surface area contributed by atoms with Crippen LogP contribution >= 0.6 is 0 Å². The second-order valence-electron chi connectivity index (χ2n) is 7.63. The van der Waals surface area contributed by atoms with E-state index in [9.17, 15) is 5.11 Å². The molecule has 0 unspecified atom stereocenters. The van der Waals surface area contributed by atoms with Crippen LogP contribution in [-0.4, -0.2) is 10.1 Å². The number of fused-ring (bicyclic) bond motifs is 6. The van der Waals surface area contributed by atoms with Crippen molar-refractivity contribution in [1.29, 1.82) is 0 Å². The molecule has 6 rings (SSSR count). The van der Waals surface area contributed by atoms with Crippen LogP contribution in [0.4, 0.5) is 0 Å². The quantitative estimate of drug-likeness (QED) is 0.350. The van der Waals surface area contributed by atoms with E-state index in [4.69, 9.17) is 4.98 Å². The van der Waals surface area contributed by atoms with E-state index in [0.29, 0.717) is 5.75 Å². The monoisotopic (exact) mass is 361 g/mol. The lowest BCUT2D eigenvalue weighted by molar-refractivity contribution is 0.478. The topological polar surface area (TPSA) is 33.1 Å². The van der Waals surface area contributed by atoms with Gasteiger partial charge in [0.15, 0.2) is 0 Å². The molecule has 1 N–H and O–H groups in total. The van der Waals surface area contributed by atoms with Gasteiger partial charge in [0.25, 0.3) is 0 Å². The maximum absolute atomic E-state index is 10.8. The number of benzene rings is 4. The van der Waals surface area contributed by atoms with E-state index in [1.54, 1.807) is 6.07 Å². The summed E-state index contributed by atoms with van der Waals surface area (Å²) < 4.78 is 0. The largest absolute Gasteiger partial charge is 0.507 e. The summed E-state index contributed by atoms with van der Waals surface area (Å²) in [5.41, 5.74) is 5.54. The van der Waals surface area contributed by atoms with Gasteiger partial charge in [-0.1, -0.05) is 60.7 Å². The van der Waals surface area contributed by atoms with Crippen molar-refractivity contribution in [2.75, 3.05) is 0 Å². The van der Waals surface area contributed by atoms with Gasteiger partial charge in [0.1, 0.15) is 5.75 Å². The van der Waals surface area contributed by atoms with E-state index >= 15 is 0 Å². The molecule has 28 heavy (non-hydrogen) atoms. The fourth-order valence-electron chi connectivity index (χ4n) is 4.85. The molecule has 0 saturated heterocycles. The van der Waals surface area contributed by atoms with Crippen LogP contribution in [0.2, 0.25) is 0 Å². The number of hydrogen-bond donors (Lipinski definition) is 1. The Labute approximate surface area is 163 Å². The molecule has 134 valence electrons. The van der Waals surface area contributed by atoms with Gasteiger partial charge in [-0.2, -0.15) is 0 Å². The Morgan fingerprint density at radius 1 is 0.679 bits per heavy atom. The average Bonchev–Trinajstić information content (AvgIpc) is 3.23. The summed E-state index contributed by atoms with van der Waals surface area (Å²) in [5, 5.41) is 16.8. The van der Waals surface area contributed by atoms with Crippen LogP contribution in [0, 0.1) is 0 Å². The molecule has 0 amide bonds. The van der Waals surface area contributed by atoms with Crippen LogP contribution in [0.25, 0.3) is 43.7 Å². The molecule has 0 saturated carbocycles. The smallest absolute Gasteiger partial charge is 0.125 e. The summed E-state index contributed by atoms with van der Waals surface area (Å²) in [7, 11) is 0. The first kappa shape index (κ1) is 15.6. The minimum Gasteiger partial charge on any atom is -0.507 e. The number of pyridine rings is 1. The highest BCUT2D eigenvalue weighted by Gasteiger charge is 2.24. The maximum Gasteiger partial charge on any atom is 0.125 e. The number of aryl methyl sites for hydroxylation is 1. The average molecular weight is 361 g/mol. The molecule has 0 bridgehead atoms. The molecule has 0 aliphatic heterocycles. The predicted molar refractivity (Wildman–Crippen MR) is 116 cm³/mol. The Kier molecular flexibility index (Phi) is 3.24. The fourth-order valence-corrected chi connectivity index (χ4v) is 4.85. The molecular formula is C26H19NO. The molecule has 2 nitrogen and oxygen atoms in total. The lowest BCUT2D eigenvalue weighted by atomic mass is 9.93. The van der Waals surface area contributed by atoms with Crippen molar-refractivity contribution in [3.63, 3.8) is 0 Å². The number of rotatable bonds is 1. The molecule has 1 aliphatic carbocycles. The van der Waals surface area contributed by atoms with Gasteiger partial charge >= 0.3 is 0 Å². The van der Waals surface area contributed by atoms with Crippen molar-refractivity contribution in [2.45, 2.75) is 19.3 Å². The number of hydrogen-bond acceptors (Lipinski definition) is 2. The second-order valence-corrected chi connectivity index (χ2v) is 7.63. The molecular weight excluding hydrogens is 342 g/mol. The molecule has 0 atom stereocenters. The first-order valence-corrected chi connectivity index (χ1v) is 9.85. The SMILES string of the molecule is Oc1ccc2ccccc2c1-c1nc2ccc3ccccc3c2c2c1CCC2. The zero-order valence-corrected chi connectivity index (χ0v) is 15.4. The molecule has 0 spiro atoms. The number of phenols is 1. The third-order valence-electron chi connectivity index (χ3n) is 6.09. The van der Waals surface area contributed by atoms with Gasteiger partial charge in [0, 0.05) is 5.39 Å². The molecule has 5 aromatic rings. The normalized spacial score (nSPS) is 13.4. The minimum atomic E-state index is 0.306. The fraction of sp³-hybridized carbons (Fsp3) is 0.115. The summed E-state index contributed by atoms with van der Waals surface area (Å²) in [6.45, 7) is 0. The molecule has 0 radical (unpaired) electrons. The van der Waals surface area contributed by atoms with Crippen molar-refractivity contribution in [1.82, 2.24) is 4.98 Å². The zero-order valence-electron chi connectivity index (χ0n) is 15.4. The molecule has 0 fully saturated rings. The van der Waals surface area contributed by atoms with Gasteiger partial charge in [0.05, 0.1) is 16.8 Å². The second kappa shape index (κ2) is 5.80. The van der Waals surface area contributed by atoms with E-state index in [1.807, 2.05) is 18.2 Å². The van der Waals surface area contributed by atoms with Gasteiger partial charge in [-0.3, -0.25) is 0 Å². The molecule has 4 aromatic carbocycles. The van der Waals surface area contributed by atoms with Gasteiger partial charge in [-0.05, 0) is 64.1 Å². The number of phenolic OH excluding ortho intramolecular Hbond substituents is 1. The maximum atomic E-state index is 10.8. The first-order valence-electron chi connectivity index (χ1n) is 9.85. The number of aromatic hydroxyl groups is 1. The van der Waals surface area contributed by atoms with Gasteiger partial charge < -0.3 is 5.11 Å². The van der Waals surface area contributed by atoms with Crippen molar-refractivity contribution < 1.29 is 5.11 Å². The van der Waals surface area contributed by atoms with Gasteiger partial charge in [-0.15, -0.1) is 0 Å². The van der Waals surface area contributed by atoms with Gasteiger partial charge in [0.2, 0.25) is 0 Å². The van der Waals surface area contributed by atoms with E-state index in [0.717, 1.165) is 46.8 Å². The minimum absolute atomic E-state index is 0.306. The molecule has 1 aromatic heterocycles. The number of nitrogens with zero attached hydrogens (tertiary/aromatic N) is 1. The van der Waals surface area contributed by atoms with Crippen molar-refractivity contribution >= 4 is 32.4 Å². The molecule has 1 heterocycles. The van der Waals surface area contributed by atoms with Crippen LogP contribution in [0.1, 0.15) is 17.5 Å². The van der Waals surface area contributed by atoms with E-state index in [1.165, 1.54) is 27.3 Å². The van der Waals surface area contributed by atoms with E-state index < -0.39 is 0 Å². The highest BCUT2D eigenvalue weighted by atomic mass is 16.3. The van der Waals surface area contributed by atoms with Crippen LogP contribution in [0.15, 0.2) is 72.8 Å². The van der Waals surface area contributed by atoms with Crippen molar-refractivity contribution in [2.24, 2.45) is 0 Å². The Hall–Kier alpha value is -3.39. The number of aromatic nitrogens is 1. The van der Waals surface area contributed by atoms with Crippen LogP contribution in [0.5, 0.6) is 5.75 Å². The highest BCUT2D eigenvalue weighted by molar-refractivity contribution is 6.10.